The maximum Gasteiger partial charge on any atom is 0.413 e. The van der Waals surface area contributed by atoms with Crippen LogP contribution in [-0.2, 0) is 16.1 Å². The van der Waals surface area contributed by atoms with Gasteiger partial charge in [0.25, 0.3) is 11.6 Å². The van der Waals surface area contributed by atoms with Gasteiger partial charge >= 0.3 is 6.09 Å². The van der Waals surface area contributed by atoms with Gasteiger partial charge in [0.2, 0.25) is 0 Å². The Kier molecular flexibility index (Phi) is 10.2. The molecule has 2 heterocycles. The van der Waals surface area contributed by atoms with Gasteiger partial charge in [0.15, 0.2) is 6.10 Å². The second kappa shape index (κ2) is 12.1. The highest BCUT2D eigenvalue weighted by atomic mass is 31.0. The number of hydrogen-bond donors (Lipinski definition) is 1. The summed E-state index contributed by atoms with van der Waals surface area (Å²) in [6, 6.07) is 2.67. The Hall–Kier alpha value is -1.85. The van der Waals surface area contributed by atoms with E-state index in [9.17, 15) is 13.6 Å². The molecule has 1 fully saturated rings. The minimum absolute atomic E-state index is 0.0939. The number of carbonyl (C=O) groups is 1. The van der Waals surface area contributed by atoms with Gasteiger partial charge in [-0.1, -0.05) is 49.4 Å². The zero-order valence-corrected chi connectivity index (χ0v) is 23.4. The first-order valence-corrected chi connectivity index (χ1v) is 13.3. The molecule has 1 saturated heterocycles. The third kappa shape index (κ3) is 6.52. The molecule has 1 amide bonds. The number of aliphatic imine (C=N–C) groups is 1. The van der Waals surface area contributed by atoms with Crippen LogP contribution in [0, 0.1) is 0 Å². The topological polar surface area (TPSA) is 63.6 Å². The van der Waals surface area contributed by atoms with Gasteiger partial charge in [-0.05, 0) is 43.6 Å². The number of cyclic esters (lactones) is 1. The molecule has 2 unspecified atom stereocenters. The largest absolute Gasteiger partial charge is 0.434 e. The minimum Gasteiger partial charge on any atom is -0.434 e. The number of pyridine rings is 1. The van der Waals surface area contributed by atoms with Gasteiger partial charge in [-0.15, -0.1) is 9.24 Å². The molecular formula is C25H35F4N3O2P2. The SMILES string of the molecule is C=CN=C1NC(=O)O[C@@H](C(F)(F)P)/C1=C(/C)c1cc(C(F)(F)CC)cc(C(CP)(CCC)CCC)n1. The van der Waals surface area contributed by atoms with Crippen LogP contribution in [0.15, 0.2) is 35.5 Å². The Labute approximate surface area is 215 Å². The number of amidine groups is 1. The van der Waals surface area contributed by atoms with Crippen molar-refractivity contribution in [2.45, 2.75) is 82.9 Å². The summed E-state index contributed by atoms with van der Waals surface area (Å²) < 4.78 is 64.1. The molecule has 1 aromatic rings. The van der Waals surface area contributed by atoms with Crippen molar-refractivity contribution in [1.29, 1.82) is 0 Å². The zero-order chi connectivity index (χ0) is 27.3. The average molecular weight is 548 g/mol. The van der Waals surface area contributed by atoms with Gasteiger partial charge in [0.1, 0.15) is 5.84 Å². The van der Waals surface area contributed by atoms with E-state index in [1.54, 1.807) is 0 Å². The molecule has 11 heteroatoms. The van der Waals surface area contributed by atoms with Crippen LogP contribution < -0.4 is 5.32 Å². The summed E-state index contributed by atoms with van der Waals surface area (Å²) in [5.74, 6) is -3.34. The summed E-state index contributed by atoms with van der Waals surface area (Å²) in [6.45, 7) is 10.4. The van der Waals surface area contributed by atoms with E-state index in [-0.39, 0.29) is 28.2 Å². The van der Waals surface area contributed by atoms with Crippen LogP contribution in [0.5, 0.6) is 0 Å². The molecule has 1 aromatic heterocycles. The molecule has 0 aliphatic carbocycles. The smallest absolute Gasteiger partial charge is 0.413 e. The Morgan fingerprint density at radius 3 is 2.31 bits per heavy atom. The minimum atomic E-state index is -3.56. The van der Waals surface area contributed by atoms with Crippen LogP contribution in [0.2, 0.25) is 0 Å². The van der Waals surface area contributed by atoms with Gasteiger partial charge in [-0.2, -0.15) is 8.78 Å². The third-order valence-corrected chi connectivity index (χ3v) is 7.49. The second-order valence-corrected chi connectivity index (χ2v) is 10.1. The Bertz CT molecular complexity index is 1030. The van der Waals surface area contributed by atoms with Crippen LogP contribution in [0.1, 0.15) is 76.8 Å². The van der Waals surface area contributed by atoms with E-state index in [4.69, 9.17) is 9.72 Å². The van der Waals surface area contributed by atoms with E-state index in [0.717, 1.165) is 31.9 Å². The Morgan fingerprint density at radius 2 is 1.83 bits per heavy atom. The van der Waals surface area contributed by atoms with Gasteiger partial charge < -0.3 is 4.74 Å². The number of carbonyl (C=O) groups excluding carboxylic acids is 1. The lowest BCUT2D eigenvalue weighted by Gasteiger charge is -2.34. The number of halogens is 4. The van der Waals surface area contributed by atoms with E-state index >= 15 is 8.78 Å². The molecule has 0 radical (unpaired) electrons. The third-order valence-electron chi connectivity index (χ3n) is 6.40. The number of aromatic nitrogens is 1. The normalized spacial score (nSPS) is 19.7. The fraction of sp³-hybridized carbons (Fsp3) is 0.560. The molecule has 1 aliphatic rings. The molecule has 200 valence electrons. The van der Waals surface area contributed by atoms with Crippen LogP contribution in [-0.4, -0.2) is 34.8 Å². The van der Waals surface area contributed by atoms with E-state index in [0.29, 0.717) is 11.9 Å². The van der Waals surface area contributed by atoms with E-state index in [1.165, 1.54) is 35.2 Å². The highest BCUT2D eigenvalue weighted by molar-refractivity contribution is 7.18. The quantitative estimate of drug-likeness (QED) is 0.236. The van der Waals surface area contributed by atoms with Crippen molar-refractivity contribution in [3.63, 3.8) is 0 Å². The Morgan fingerprint density at radius 1 is 1.22 bits per heavy atom. The number of rotatable bonds is 11. The fourth-order valence-electron chi connectivity index (χ4n) is 4.52. The van der Waals surface area contributed by atoms with Crippen molar-refractivity contribution in [3.05, 3.63) is 47.4 Å². The maximum atomic E-state index is 15.0. The van der Waals surface area contributed by atoms with Crippen LogP contribution >= 0.6 is 18.5 Å². The molecule has 3 atom stereocenters. The van der Waals surface area contributed by atoms with E-state index in [1.807, 2.05) is 13.8 Å². The average Bonchev–Trinajstić information content (AvgIpc) is 2.82. The van der Waals surface area contributed by atoms with Gasteiger partial charge in [-0.25, -0.2) is 18.6 Å². The monoisotopic (exact) mass is 547 g/mol. The highest BCUT2D eigenvalue weighted by Gasteiger charge is 2.47. The first-order valence-electron chi connectivity index (χ1n) is 12.0. The number of alkyl carbamates (subject to hydrolysis) is 1. The lowest BCUT2D eigenvalue weighted by atomic mass is 9.77. The van der Waals surface area contributed by atoms with Crippen molar-refractivity contribution in [3.8, 4) is 0 Å². The van der Waals surface area contributed by atoms with Gasteiger partial charge in [0.05, 0.1) is 5.69 Å². The number of nitrogens with one attached hydrogen (secondary N) is 1. The van der Waals surface area contributed by atoms with Crippen LogP contribution in [0.3, 0.4) is 0 Å². The summed E-state index contributed by atoms with van der Waals surface area (Å²) in [5, 5.41) is 2.31. The summed E-state index contributed by atoms with van der Waals surface area (Å²) in [6.07, 6.45) is 1.22. The number of hydrogen-bond acceptors (Lipinski definition) is 4. The Balaban J connectivity index is 2.95. The number of amides is 1. The molecular weight excluding hydrogens is 512 g/mol. The molecule has 0 bridgehead atoms. The van der Waals surface area contributed by atoms with Crippen LogP contribution in [0.25, 0.3) is 5.57 Å². The summed E-state index contributed by atoms with van der Waals surface area (Å²) in [4.78, 5) is 20.7. The first-order chi connectivity index (χ1) is 16.8. The number of nitrogens with zero attached hydrogens (tertiary/aromatic N) is 2. The second-order valence-electron chi connectivity index (χ2n) is 8.95. The molecule has 0 spiro atoms. The lowest BCUT2D eigenvalue weighted by molar-refractivity contribution is -0.0245. The molecule has 5 nitrogen and oxygen atoms in total. The molecule has 0 aromatic carbocycles. The molecule has 36 heavy (non-hydrogen) atoms. The molecule has 2 rings (SSSR count). The van der Waals surface area contributed by atoms with Crippen molar-refractivity contribution in [2.24, 2.45) is 4.99 Å². The van der Waals surface area contributed by atoms with E-state index < -0.39 is 35.6 Å². The molecule has 1 aliphatic heterocycles. The number of allylic oxidation sites excluding steroid dienone is 1. The first kappa shape index (κ1) is 30.4. The maximum absolute atomic E-state index is 15.0. The van der Waals surface area contributed by atoms with Gasteiger partial charge in [-0.3, -0.25) is 10.3 Å². The summed E-state index contributed by atoms with van der Waals surface area (Å²) >= 11 is 0. The van der Waals surface area contributed by atoms with Crippen molar-refractivity contribution >= 4 is 36.0 Å². The van der Waals surface area contributed by atoms with Crippen molar-refractivity contribution in [1.82, 2.24) is 10.3 Å². The summed E-state index contributed by atoms with van der Waals surface area (Å²) in [7, 11) is 4.07. The summed E-state index contributed by atoms with van der Waals surface area (Å²) in [5.41, 5.74) is -3.71. The predicted octanol–water partition coefficient (Wildman–Crippen LogP) is 7.19. The van der Waals surface area contributed by atoms with E-state index in [2.05, 4.69) is 26.1 Å². The van der Waals surface area contributed by atoms with Crippen molar-refractivity contribution < 1.29 is 27.1 Å². The fourth-order valence-corrected chi connectivity index (χ4v) is 5.37. The predicted molar refractivity (Wildman–Crippen MR) is 143 cm³/mol. The molecule has 1 N–H and O–H groups in total. The standard InChI is InChI=1S/C25H35F4N3O2P2/c1-6-10-23(14-35,11-7-2)18-13-16(24(26,27)8-3)12-17(31-18)15(5)19-20(25(28,29)36)34-22(33)32-21(19)30-9-4/h9,12-13,20H,4,6-8,10-11,14,35-36H2,1-3,5H3,(H,30,32,33)/b19-15+/t20-/m1/s1. The number of ether oxygens (including phenoxy) is 1. The number of alkyl halides is 4. The van der Waals surface area contributed by atoms with Crippen LogP contribution in [0.4, 0.5) is 22.4 Å². The zero-order valence-electron chi connectivity index (χ0n) is 21.1. The van der Waals surface area contributed by atoms with Crippen molar-refractivity contribution in [2.75, 3.05) is 6.16 Å². The van der Waals surface area contributed by atoms with Gasteiger partial charge in [0, 0.05) is 34.9 Å². The highest BCUT2D eigenvalue weighted by Crippen LogP contribution is 2.42. The molecule has 0 saturated carbocycles. The lowest BCUT2D eigenvalue weighted by Crippen LogP contribution is -2.50.